The number of tetrazole rings is 1. The number of nitrogens with one attached hydrogen (secondary N) is 2. The summed E-state index contributed by atoms with van der Waals surface area (Å²) in [5.74, 6) is 0.462. The second kappa shape index (κ2) is 7.94. The maximum atomic E-state index is 13.1. The quantitative estimate of drug-likeness (QED) is 0.691. The van der Waals surface area contributed by atoms with Crippen LogP contribution < -0.4 is 15.5 Å². The third kappa shape index (κ3) is 3.73. The van der Waals surface area contributed by atoms with Crippen molar-refractivity contribution in [1.29, 1.82) is 0 Å². The molecule has 1 aliphatic rings. The summed E-state index contributed by atoms with van der Waals surface area (Å²) < 4.78 is 1.66. The van der Waals surface area contributed by atoms with Gasteiger partial charge in [0.2, 0.25) is 11.8 Å². The fourth-order valence-electron chi connectivity index (χ4n) is 3.63. The summed E-state index contributed by atoms with van der Waals surface area (Å²) in [6, 6.07) is 12.9. The zero-order chi connectivity index (χ0) is 21.3. The van der Waals surface area contributed by atoms with Gasteiger partial charge in [-0.05, 0) is 61.0 Å². The molecule has 0 radical (unpaired) electrons. The molecule has 0 saturated carbocycles. The Hall–Kier alpha value is -3.75. The summed E-state index contributed by atoms with van der Waals surface area (Å²) in [7, 11) is 0. The van der Waals surface area contributed by atoms with E-state index in [1.165, 1.54) is 0 Å². The van der Waals surface area contributed by atoms with Crippen molar-refractivity contribution in [1.82, 2.24) is 20.2 Å². The molecule has 9 heteroatoms. The lowest BCUT2D eigenvalue weighted by Crippen LogP contribution is -2.42. The normalized spacial score (nSPS) is 15.9. The van der Waals surface area contributed by atoms with Gasteiger partial charge in [-0.15, -0.1) is 5.10 Å². The van der Waals surface area contributed by atoms with Crippen molar-refractivity contribution in [3.63, 3.8) is 0 Å². The highest BCUT2D eigenvalue weighted by Crippen LogP contribution is 2.31. The Morgan fingerprint density at radius 2 is 2.00 bits per heavy atom. The van der Waals surface area contributed by atoms with Gasteiger partial charge in [0.15, 0.2) is 5.82 Å². The maximum absolute atomic E-state index is 13.1. The molecule has 0 saturated heterocycles. The summed E-state index contributed by atoms with van der Waals surface area (Å²) in [4.78, 5) is 26.9. The molecule has 0 spiro atoms. The van der Waals surface area contributed by atoms with Gasteiger partial charge in [-0.2, -0.15) is 4.68 Å². The lowest BCUT2D eigenvalue weighted by atomic mass is 10.1. The van der Waals surface area contributed by atoms with Crippen molar-refractivity contribution in [3.05, 3.63) is 53.9 Å². The number of anilines is 3. The van der Waals surface area contributed by atoms with E-state index >= 15 is 0 Å². The number of aryl methyl sites for hydroxylation is 2. The maximum Gasteiger partial charge on any atom is 0.246 e. The molecule has 9 nitrogen and oxygen atoms in total. The van der Waals surface area contributed by atoms with Gasteiger partial charge >= 0.3 is 0 Å². The first kappa shape index (κ1) is 19.6. The Balaban J connectivity index is 1.55. The number of rotatable bonds is 4. The van der Waals surface area contributed by atoms with Crippen LogP contribution in [0, 0.1) is 13.8 Å². The Kier molecular flexibility index (Phi) is 5.18. The second-order valence-electron chi connectivity index (χ2n) is 7.37. The molecule has 2 aromatic carbocycles. The van der Waals surface area contributed by atoms with E-state index < -0.39 is 0 Å². The van der Waals surface area contributed by atoms with Crippen LogP contribution >= 0.6 is 0 Å². The molecule has 30 heavy (non-hydrogen) atoms. The van der Waals surface area contributed by atoms with E-state index in [1.807, 2.05) is 57.2 Å². The van der Waals surface area contributed by atoms with Crippen LogP contribution in [0.1, 0.15) is 24.7 Å². The lowest BCUT2D eigenvalue weighted by Gasteiger charge is -2.28. The Bertz CT molecular complexity index is 1110. The minimum Gasteiger partial charge on any atom is -0.376 e. The topological polar surface area (TPSA) is 105 Å². The standard InChI is InChI=1S/C21H23N7O2/c1-13-8-9-16(11-19(13)28-15(3)24-25-26-28)22-12-21(30)27-14(2)10-20(29)23-17-6-4-5-7-18(17)27/h4-9,11,14,22H,10,12H2,1-3H3,(H,23,29). The fourth-order valence-corrected chi connectivity index (χ4v) is 3.63. The zero-order valence-electron chi connectivity index (χ0n) is 17.1. The van der Waals surface area contributed by atoms with Gasteiger partial charge in [-0.3, -0.25) is 9.59 Å². The molecule has 1 aliphatic heterocycles. The molecule has 0 fully saturated rings. The van der Waals surface area contributed by atoms with Crippen LogP contribution in [-0.2, 0) is 9.59 Å². The monoisotopic (exact) mass is 405 g/mol. The molecule has 1 aromatic heterocycles. The highest BCUT2D eigenvalue weighted by molar-refractivity contribution is 6.05. The van der Waals surface area contributed by atoms with E-state index in [9.17, 15) is 9.59 Å². The number of hydrogen-bond donors (Lipinski definition) is 2. The van der Waals surface area contributed by atoms with Crippen LogP contribution in [0.15, 0.2) is 42.5 Å². The smallest absolute Gasteiger partial charge is 0.246 e. The zero-order valence-corrected chi connectivity index (χ0v) is 17.1. The number of para-hydroxylation sites is 2. The molecule has 2 heterocycles. The van der Waals surface area contributed by atoms with E-state index in [4.69, 9.17) is 0 Å². The third-order valence-electron chi connectivity index (χ3n) is 5.13. The van der Waals surface area contributed by atoms with E-state index in [0.29, 0.717) is 17.2 Å². The highest BCUT2D eigenvalue weighted by atomic mass is 16.2. The van der Waals surface area contributed by atoms with Crippen LogP contribution in [0.2, 0.25) is 0 Å². The molecular formula is C21H23N7O2. The minimum absolute atomic E-state index is 0.0873. The predicted molar refractivity (Wildman–Crippen MR) is 114 cm³/mol. The van der Waals surface area contributed by atoms with Gasteiger partial charge in [0.25, 0.3) is 0 Å². The molecule has 2 amide bonds. The number of nitrogens with zero attached hydrogens (tertiary/aromatic N) is 5. The number of carbonyl (C=O) groups excluding carboxylic acids is 2. The lowest BCUT2D eigenvalue weighted by molar-refractivity contribution is -0.118. The Morgan fingerprint density at radius 1 is 1.20 bits per heavy atom. The fraction of sp³-hybridized carbons (Fsp3) is 0.286. The molecule has 0 aliphatic carbocycles. The third-order valence-corrected chi connectivity index (χ3v) is 5.13. The highest BCUT2D eigenvalue weighted by Gasteiger charge is 2.29. The minimum atomic E-state index is -0.250. The molecule has 154 valence electrons. The van der Waals surface area contributed by atoms with Crippen molar-refractivity contribution in [2.45, 2.75) is 33.2 Å². The summed E-state index contributed by atoms with van der Waals surface area (Å²) in [5, 5.41) is 17.7. The van der Waals surface area contributed by atoms with Crippen LogP contribution in [0.25, 0.3) is 5.69 Å². The number of benzene rings is 2. The Morgan fingerprint density at radius 3 is 2.77 bits per heavy atom. The van der Waals surface area contributed by atoms with E-state index in [1.54, 1.807) is 15.6 Å². The first-order valence-corrected chi connectivity index (χ1v) is 9.75. The number of hydrogen-bond acceptors (Lipinski definition) is 6. The molecular weight excluding hydrogens is 382 g/mol. The van der Waals surface area contributed by atoms with Gasteiger partial charge < -0.3 is 15.5 Å². The van der Waals surface area contributed by atoms with Crippen LogP contribution in [0.5, 0.6) is 0 Å². The summed E-state index contributed by atoms with van der Waals surface area (Å²) in [5.41, 5.74) is 3.99. The van der Waals surface area contributed by atoms with Gasteiger partial charge in [-0.25, -0.2) is 0 Å². The van der Waals surface area contributed by atoms with E-state index in [2.05, 4.69) is 26.2 Å². The van der Waals surface area contributed by atoms with E-state index in [0.717, 1.165) is 16.9 Å². The molecule has 2 N–H and O–H groups in total. The molecule has 3 aromatic rings. The van der Waals surface area contributed by atoms with Crippen molar-refractivity contribution >= 4 is 28.9 Å². The number of fused-ring (bicyclic) bond motifs is 1. The summed E-state index contributed by atoms with van der Waals surface area (Å²) >= 11 is 0. The van der Waals surface area contributed by atoms with Crippen LogP contribution in [-0.4, -0.2) is 44.6 Å². The van der Waals surface area contributed by atoms with Crippen LogP contribution in [0.4, 0.5) is 17.1 Å². The van der Waals surface area contributed by atoms with Crippen molar-refractivity contribution in [3.8, 4) is 5.69 Å². The van der Waals surface area contributed by atoms with Gasteiger partial charge in [0.1, 0.15) is 0 Å². The largest absolute Gasteiger partial charge is 0.376 e. The molecule has 4 rings (SSSR count). The first-order valence-electron chi connectivity index (χ1n) is 9.75. The SMILES string of the molecule is Cc1ccc(NCC(=O)N2c3ccccc3NC(=O)CC2C)cc1-n1nnnc1C. The van der Waals surface area contributed by atoms with Gasteiger partial charge in [-0.1, -0.05) is 18.2 Å². The second-order valence-corrected chi connectivity index (χ2v) is 7.37. The summed E-state index contributed by atoms with van der Waals surface area (Å²) in [6.07, 6.45) is 0.244. The van der Waals surface area contributed by atoms with Crippen LogP contribution in [0.3, 0.4) is 0 Å². The molecule has 1 unspecified atom stereocenters. The van der Waals surface area contributed by atoms with Gasteiger partial charge in [0, 0.05) is 18.2 Å². The van der Waals surface area contributed by atoms with E-state index in [-0.39, 0.29) is 30.8 Å². The molecule has 0 bridgehead atoms. The number of amides is 2. The average molecular weight is 405 g/mol. The molecule has 1 atom stereocenters. The van der Waals surface area contributed by atoms with Crippen molar-refractivity contribution in [2.75, 3.05) is 22.1 Å². The van der Waals surface area contributed by atoms with Gasteiger partial charge in [0.05, 0.1) is 23.6 Å². The average Bonchev–Trinajstić information content (AvgIpc) is 3.08. The van der Waals surface area contributed by atoms with Crippen molar-refractivity contribution in [2.24, 2.45) is 0 Å². The summed E-state index contributed by atoms with van der Waals surface area (Å²) in [6.45, 7) is 5.77. The number of carbonyl (C=O) groups is 2. The Labute approximate surface area is 174 Å². The predicted octanol–water partition coefficient (Wildman–Crippen LogP) is 2.45. The first-order chi connectivity index (χ1) is 14.4. The van der Waals surface area contributed by atoms with Crippen molar-refractivity contribution < 1.29 is 9.59 Å². The number of aromatic nitrogens is 4.